The molecule has 0 bridgehead atoms. The first-order valence-corrected chi connectivity index (χ1v) is 14.2. The van der Waals surface area contributed by atoms with Crippen LogP contribution in [0.25, 0.3) is 28.1 Å². The molecule has 1 N–H and O–H groups in total. The molecule has 216 valence electrons. The van der Waals surface area contributed by atoms with E-state index in [0.29, 0.717) is 65.8 Å². The number of rotatable bonds is 3. The van der Waals surface area contributed by atoms with E-state index in [0.717, 1.165) is 11.3 Å². The van der Waals surface area contributed by atoms with Crippen molar-refractivity contribution in [2.24, 2.45) is 7.05 Å². The maximum Gasteiger partial charge on any atom is 0.338 e. The highest BCUT2D eigenvalue weighted by Gasteiger charge is 2.46. The Hall–Kier alpha value is -4.38. The summed E-state index contributed by atoms with van der Waals surface area (Å²) in [5.41, 5.74) is 3.13. The third kappa shape index (κ3) is 3.76. The maximum atomic E-state index is 15.7. The zero-order valence-electron chi connectivity index (χ0n) is 23.9. The number of hydrogen-bond acceptors (Lipinski definition) is 5. The van der Waals surface area contributed by atoms with Gasteiger partial charge in [-0.25, -0.2) is 18.3 Å². The van der Waals surface area contributed by atoms with Gasteiger partial charge in [0.15, 0.2) is 5.82 Å². The minimum absolute atomic E-state index is 0.112. The van der Waals surface area contributed by atoms with Crippen molar-refractivity contribution in [2.45, 2.75) is 57.9 Å². The number of benzene rings is 2. The number of imidazole rings is 1. The maximum absolute atomic E-state index is 15.7. The predicted molar refractivity (Wildman–Crippen MR) is 154 cm³/mol. The van der Waals surface area contributed by atoms with E-state index in [1.807, 2.05) is 6.92 Å². The quantitative estimate of drug-likeness (QED) is 0.341. The van der Waals surface area contributed by atoms with Crippen molar-refractivity contribution in [3.05, 3.63) is 87.4 Å². The monoisotopic (exact) mass is 571 g/mol. The van der Waals surface area contributed by atoms with Crippen LogP contribution in [0, 0.1) is 25.5 Å². The van der Waals surface area contributed by atoms with Crippen LogP contribution < -0.4 is 11.0 Å². The van der Waals surface area contributed by atoms with Gasteiger partial charge in [-0.2, -0.15) is 10.2 Å². The van der Waals surface area contributed by atoms with Gasteiger partial charge in [0.1, 0.15) is 17.4 Å². The summed E-state index contributed by atoms with van der Waals surface area (Å²) in [6.07, 6.45) is 6.86. The topological polar surface area (TPSA) is 91.7 Å². The van der Waals surface area contributed by atoms with Crippen molar-refractivity contribution >= 4 is 16.7 Å². The third-order valence-corrected chi connectivity index (χ3v) is 9.12. The lowest BCUT2D eigenvalue weighted by molar-refractivity contribution is -0.121. The second-order valence-electron chi connectivity index (χ2n) is 11.7. The smallest absolute Gasteiger partial charge is 0.309 e. The molecule has 1 atom stereocenters. The largest absolute Gasteiger partial charge is 0.338 e. The Morgan fingerprint density at radius 2 is 1.69 bits per heavy atom. The highest BCUT2D eigenvalue weighted by molar-refractivity contribution is 5.82. The molecule has 42 heavy (non-hydrogen) atoms. The SMILES string of the molecule is Cc1cc(-n2nc3c(c2-n2ccn(-c4ccc5c(cnn5C)c4F)c2=O)[C@H](C)NCC32CCC(=O)CC2)cc(C)c1F. The molecule has 5 aromatic rings. The summed E-state index contributed by atoms with van der Waals surface area (Å²) >= 11 is 0. The Kier molecular flexibility index (Phi) is 5.88. The van der Waals surface area contributed by atoms with Gasteiger partial charge in [-0.1, -0.05) is 0 Å². The molecule has 2 aromatic carbocycles. The molecule has 0 saturated heterocycles. The molecule has 2 aliphatic rings. The van der Waals surface area contributed by atoms with Gasteiger partial charge in [0.2, 0.25) is 0 Å². The summed E-state index contributed by atoms with van der Waals surface area (Å²) in [6.45, 7) is 6.09. The van der Waals surface area contributed by atoms with Crippen LogP contribution in [0.3, 0.4) is 0 Å². The van der Waals surface area contributed by atoms with Gasteiger partial charge in [0.25, 0.3) is 0 Å². The minimum atomic E-state index is -0.540. The second-order valence-corrected chi connectivity index (χ2v) is 11.7. The predicted octanol–water partition coefficient (Wildman–Crippen LogP) is 4.64. The van der Waals surface area contributed by atoms with Crippen LogP contribution in [0.5, 0.6) is 0 Å². The lowest BCUT2D eigenvalue weighted by Crippen LogP contribution is -2.47. The third-order valence-electron chi connectivity index (χ3n) is 9.12. The zero-order valence-corrected chi connectivity index (χ0v) is 23.9. The first kappa shape index (κ1) is 26.5. The number of nitrogens with zero attached hydrogens (tertiary/aromatic N) is 6. The van der Waals surface area contributed by atoms with E-state index in [1.54, 1.807) is 66.9 Å². The molecule has 7 rings (SSSR count). The lowest BCUT2D eigenvalue weighted by Gasteiger charge is -2.41. The van der Waals surface area contributed by atoms with Crippen LogP contribution >= 0.6 is 0 Å². The van der Waals surface area contributed by atoms with Gasteiger partial charge in [-0.05, 0) is 69.0 Å². The zero-order chi connectivity index (χ0) is 29.5. The molecule has 0 unspecified atom stereocenters. The van der Waals surface area contributed by atoms with E-state index in [1.165, 1.54) is 15.3 Å². The number of ketones is 1. The molecule has 1 aliphatic carbocycles. The average Bonchev–Trinajstić information content (AvgIpc) is 3.67. The van der Waals surface area contributed by atoms with E-state index >= 15 is 4.39 Å². The molecule has 1 fully saturated rings. The molecule has 3 aromatic heterocycles. The highest BCUT2D eigenvalue weighted by atomic mass is 19.1. The number of carbonyl (C=O) groups excluding carboxylic acids is 1. The first-order valence-electron chi connectivity index (χ1n) is 14.2. The number of halogens is 2. The molecule has 1 aliphatic heterocycles. The highest BCUT2D eigenvalue weighted by Crippen LogP contribution is 2.45. The number of aromatic nitrogens is 6. The Balaban J connectivity index is 1.48. The molecule has 11 heteroatoms. The van der Waals surface area contributed by atoms with Gasteiger partial charge in [0, 0.05) is 55.8 Å². The van der Waals surface area contributed by atoms with Crippen molar-refractivity contribution in [2.75, 3.05) is 6.54 Å². The van der Waals surface area contributed by atoms with Crippen molar-refractivity contribution in [1.29, 1.82) is 0 Å². The molecular weight excluding hydrogens is 540 g/mol. The van der Waals surface area contributed by atoms with E-state index in [9.17, 15) is 14.0 Å². The van der Waals surface area contributed by atoms with E-state index in [2.05, 4.69) is 10.4 Å². The van der Waals surface area contributed by atoms with Crippen LogP contribution in [0.4, 0.5) is 8.78 Å². The fourth-order valence-electron chi connectivity index (χ4n) is 6.71. The summed E-state index contributed by atoms with van der Waals surface area (Å²) in [6, 6.07) is 6.59. The van der Waals surface area contributed by atoms with Crippen molar-refractivity contribution in [3.8, 4) is 17.2 Å². The first-order chi connectivity index (χ1) is 20.1. The molecular formula is C31H31F2N7O2. The lowest BCUT2D eigenvalue weighted by atomic mass is 9.68. The number of hydrogen-bond donors (Lipinski definition) is 1. The summed E-state index contributed by atoms with van der Waals surface area (Å²) in [5.74, 6) is -0.0788. The van der Waals surface area contributed by atoms with Gasteiger partial charge in [-0.3, -0.25) is 18.6 Å². The van der Waals surface area contributed by atoms with Gasteiger partial charge >= 0.3 is 5.69 Å². The van der Waals surface area contributed by atoms with Crippen LogP contribution in [-0.2, 0) is 17.3 Å². The fourth-order valence-corrected chi connectivity index (χ4v) is 6.71. The van der Waals surface area contributed by atoms with E-state index in [-0.39, 0.29) is 28.7 Å². The van der Waals surface area contributed by atoms with Crippen LogP contribution in [0.1, 0.15) is 61.0 Å². The Morgan fingerprint density at radius 1 is 1.00 bits per heavy atom. The molecule has 0 radical (unpaired) electrons. The standard InChI is InChI=1S/C31H31F2N7O2/c1-17-13-20(14-18(2)26(17)32)40-29(25-19(3)34-16-31(28(25)36-40)9-7-21(41)8-10-31)39-12-11-38(30(39)42)24-6-5-23-22(27(24)33)15-35-37(23)4/h5-6,11-15,19,34H,7-10,16H2,1-4H3/t19-/m0/s1. The van der Waals surface area contributed by atoms with Crippen molar-refractivity contribution in [1.82, 2.24) is 34.0 Å². The Bertz CT molecular complexity index is 1950. The summed E-state index contributed by atoms with van der Waals surface area (Å²) < 4.78 is 36.4. The van der Waals surface area contributed by atoms with Crippen LogP contribution in [-0.4, -0.2) is 41.0 Å². The average molecular weight is 572 g/mol. The van der Waals surface area contributed by atoms with E-state index in [4.69, 9.17) is 5.10 Å². The van der Waals surface area contributed by atoms with Gasteiger partial charge in [0.05, 0.1) is 34.2 Å². The Morgan fingerprint density at radius 3 is 2.40 bits per heavy atom. The number of nitrogens with one attached hydrogen (secondary N) is 1. The fraction of sp³-hybridized carbons (Fsp3) is 0.355. The molecule has 1 spiro atoms. The minimum Gasteiger partial charge on any atom is -0.309 e. The summed E-state index contributed by atoms with van der Waals surface area (Å²) in [7, 11) is 1.73. The normalized spacial score (nSPS) is 18.2. The van der Waals surface area contributed by atoms with Crippen molar-refractivity contribution < 1.29 is 13.6 Å². The molecule has 1 saturated carbocycles. The number of aryl methyl sites for hydroxylation is 3. The van der Waals surface area contributed by atoms with Crippen LogP contribution in [0.2, 0.25) is 0 Å². The number of Topliss-reactive ketones (excluding diaryl/α,β-unsaturated/α-hetero) is 1. The molecule has 9 nitrogen and oxygen atoms in total. The van der Waals surface area contributed by atoms with Gasteiger partial charge in [-0.15, -0.1) is 0 Å². The second kappa shape index (κ2) is 9.32. The summed E-state index contributed by atoms with van der Waals surface area (Å²) in [4.78, 5) is 26.3. The molecule has 4 heterocycles. The number of fused-ring (bicyclic) bond motifs is 3. The van der Waals surface area contributed by atoms with Crippen molar-refractivity contribution in [3.63, 3.8) is 0 Å². The molecule has 0 amide bonds. The Labute approximate surface area is 240 Å². The summed E-state index contributed by atoms with van der Waals surface area (Å²) in [5, 5.41) is 13.2. The van der Waals surface area contributed by atoms with E-state index < -0.39 is 11.5 Å². The number of carbonyl (C=O) groups is 1. The van der Waals surface area contributed by atoms with Gasteiger partial charge < -0.3 is 5.32 Å². The van der Waals surface area contributed by atoms with Crippen LogP contribution in [0.15, 0.2) is 47.7 Å².